The standard InChI is InChI=1S/C55H36N2/c1-5-16-37(17-6-1)39-28-31-44-45-32-29-40(38-18-7-2-8-19-38)35-53(45)56(52(44)34-39)43-30-33-50-47(36-43)46-24-15-26-49-54(46)57(50)51-27-14-13-25-48(51)55(49,41-20-9-3-10-21-41)42-22-11-4-12-23-42/h1-36H. The third kappa shape index (κ3) is 4.53. The molecular weight excluding hydrogens is 689 g/mol. The third-order valence-corrected chi connectivity index (χ3v) is 12.4. The number of benzene rings is 9. The summed E-state index contributed by atoms with van der Waals surface area (Å²) in [5.41, 5.74) is 16.7. The average Bonchev–Trinajstić information content (AvgIpc) is 3.80. The molecule has 1 aliphatic heterocycles. The summed E-state index contributed by atoms with van der Waals surface area (Å²) >= 11 is 0. The van der Waals surface area contributed by atoms with E-state index >= 15 is 0 Å². The second-order valence-corrected chi connectivity index (χ2v) is 15.3. The van der Waals surface area contributed by atoms with Crippen molar-refractivity contribution in [3.8, 4) is 33.6 Å². The summed E-state index contributed by atoms with van der Waals surface area (Å²) in [6, 6.07) is 80.6. The third-order valence-electron chi connectivity index (χ3n) is 12.4. The molecule has 0 spiro atoms. The molecule has 2 aromatic heterocycles. The molecule has 57 heavy (non-hydrogen) atoms. The molecule has 0 saturated carbocycles. The minimum Gasteiger partial charge on any atom is -0.309 e. The monoisotopic (exact) mass is 724 g/mol. The number of nitrogens with zero attached hydrogens (tertiary/aromatic N) is 2. The molecule has 11 aromatic rings. The highest BCUT2D eigenvalue weighted by molar-refractivity contribution is 6.14. The van der Waals surface area contributed by atoms with Gasteiger partial charge in [-0.15, -0.1) is 0 Å². The van der Waals surface area contributed by atoms with Crippen molar-refractivity contribution in [2.24, 2.45) is 0 Å². The second kappa shape index (κ2) is 12.3. The maximum Gasteiger partial charge on any atom is 0.0742 e. The number of aromatic nitrogens is 2. The van der Waals surface area contributed by atoms with Gasteiger partial charge in [-0.1, -0.05) is 182 Å². The molecule has 0 unspecified atom stereocenters. The number of fused-ring (bicyclic) bond motifs is 8. The molecule has 0 amide bonds. The van der Waals surface area contributed by atoms with Gasteiger partial charge in [-0.05, 0) is 80.9 Å². The Morgan fingerprint density at radius 3 is 1.42 bits per heavy atom. The fraction of sp³-hybridized carbons (Fsp3) is 0.0182. The molecule has 0 saturated heterocycles. The van der Waals surface area contributed by atoms with E-state index in [1.807, 2.05) is 0 Å². The van der Waals surface area contributed by atoms with Crippen LogP contribution in [0.4, 0.5) is 0 Å². The van der Waals surface area contributed by atoms with Crippen molar-refractivity contribution in [2.45, 2.75) is 5.41 Å². The average molecular weight is 725 g/mol. The van der Waals surface area contributed by atoms with E-state index in [2.05, 4.69) is 228 Å². The maximum atomic E-state index is 2.52. The highest BCUT2D eigenvalue weighted by atomic mass is 15.0. The minimum atomic E-state index is -0.500. The summed E-state index contributed by atoms with van der Waals surface area (Å²) in [6.45, 7) is 0. The minimum absolute atomic E-state index is 0.500. The molecule has 3 heterocycles. The Morgan fingerprint density at radius 2 is 0.825 bits per heavy atom. The van der Waals surface area contributed by atoms with Gasteiger partial charge in [0.2, 0.25) is 0 Å². The van der Waals surface area contributed by atoms with Crippen LogP contribution in [-0.4, -0.2) is 9.13 Å². The first-order chi connectivity index (χ1) is 28.3. The van der Waals surface area contributed by atoms with E-state index < -0.39 is 5.41 Å². The molecule has 266 valence electrons. The van der Waals surface area contributed by atoms with Crippen molar-refractivity contribution in [1.82, 2.24) is 9.13 Å². The van der Waals surface area contributed by atoms with Crippen molar-refractivity contribution in [3.05, 3.63) is 241 Å². The van der Waals surface area contributed by atoms with Gasteiger partial charge in [0.25, 0.3) is 0 Å². The van der Waals surface area contributed by atoms with E-state index in [0.717, 1.165) is 5.69 Å². The largest absolute Gasteiger partial charge is 0.309 e. The van der Waals surface area contributed by atoms with Crippen LogP contribution in [0.5, 0.6) is 0 Å². The van der Waals surface area contributed by atoms with Crippen molar-refractivity contribution in [1.29, 1.82) is 0 Å². The van der Waals surface area contributed by atoms with E-state index in [-0.39, 0.29) is 0 Å². The van der Waals surface area contributed by atoms with Crippen LogP contribution in [-0.2, 0) is 5.41 Å². The van der Waals surface area contributed by atoms with Crippen LogP contribution in [0.25, 0.3) is 77.2 Å². The predicted octanol–water partition coefficient (Wildman–Crippen LogP) is 13.9. The van der Waals surface area contributed by atoms with Crippen LogP contribution in [0.15, 0.2) is 218 Å². The Labute approximate surface area is 331 Å². The van der Waals surface area contributed by atoms with E-state index in [1.165, 1.54) is 93.8 Å². The van der Waals surface area contributed by atoms with Crippen molar-refractivity contribution >= 4 is 43.6 Å². The van der Waals surface area contributed by atoms with Crippen LogP contribution in [0.3, 0.4) is 0 Å². The molecule has 0 aliphatic carbocycles. The lowest BCUT2D eigenvalue weighted by molar-refractivity contribution is 0.728. The summed E-state index contributed by atoms with van der Waals surface area (Å²) in [7, 11) is 0. The van der Waals surface area contributed by atoms with Crippen LogP contribution in [0.2, 0.25) is 0 Å². The zero-order valence-corrected chi connectivity index (χ0v) is 31.2. The van der Waals surface area contributed by atoms with E-state index in [1.54, 1.807) is 0 Å². The number of hydrogen-bond acceptors (Lipinski definition) is 0. The topological polar surface area (TPSA) is 9.86 Å². The molecule has 2 heteroatoms. The van der Waals surface area contributed by atoms with E-state index in [4.69, 9.17) is 0 Å². The molecule has 0 fully saturated rings. The quantitative estimate of drug-likeness (QED) is 0.167. The summed E-state index contributed by atoms with van der Waals surface area (Å²) in [5.74, 6) is 0. The second-order valence-electron chi connectivity index (χ2n) is 15.3. The molecule has 0 radical (unpaired) electrons. The zero-order chi connectivity index (χ0) is 37.5. The Hall–Kier alpha value is -7.42. The molecule has 9 aromatic carbocycles. The number of para-hydroxylation sites is 2. The van der Waals surface area contributed by atoms with Crippen molar-refractivity contribution in [3.63, 3.8) is 0 Å². The van der Waals surface area contributed by atoms with Gasteiger partial charge in [-0.3, -0.25) is 0 Å². The van der Waals surface area contributed by atoms with Crippen LogP contribution < -0.4 is 0 Å². The fourth-order valence-electron chi connectivity index (χ4n) is 9.96. The van der Waals surface area contributed by atoms with E-state index in [0.29, 0.717) is 0 Å². The van der Waals surface area contributed by atoms with Crippen LogP contribution in [0.1, 0.15) is 22.3 Å². The highest BCUT2D eigenvalue weighted by Crippen LogP contribution is 2.54. The van der Waals surface area contributed by atoms with Gasteiger partial charge in [0.05, 0.1) is 33.2 Å². The lowest BCUT2D eigenvalue weighted by atomic mass is 9.63. The number of rotatable bonds is 5. The summed E-state index contributed by atoms with van der Waals surface area (Å²) in [6.07, 6.45) is 0. The van der Waals surface area contributed by atoms with Gasteiger partial charge in [-0.2, -0.15) is 0 Å². The zero-order valence-electron chi connectivity index (χ0n) is 31.2. The van der Waals surface area contributed by atoms with Crippen LogP contribution >= 0.6 is 0 Å². The van der Waals surface area contributed by atoms with Gasteiger partial charge < -0.3 is 9.13 Å². The van der Waals surface area contributed by atoms with Gasteiger partial charge >= 0.3 is 0 Å². The van der Waals surface area contributed by atoms with Gasteiger partial charge in [0.1, 0.15) is 0 Å². The SMILES string of the molecule is c1ccc(-c2ccc3c4ccc(-c5ccccc5)cc4n(-c4ccc5c(c4)c4cccc6c4n5-c4ccccc4C6(c4ccccc4)c4ccccc4)c3c2)cc1. The molecule has 0 bridgehead atoms. The summed E-state index contributed by atoms with van der Waals surface area (Å²) < 4.78 is 5.01. The lowest BCUT2D eigenvalue weighted by Crippen LogP contribution is -2.35. The Kier molecular flexibility index (Phi) is 6.88. The first-order valence-corrected chi connectivity index (χ1v) is 19.8. The molecule has 12 rings (SSSR count). The smallest absolute Gasteiger partial charge is 0.0742 e. The van der Waals surface area contributed by atoms with Gasteiger partial charge in [0.15, 0.2) is 0 Å². The number of hydrogen-bond donors (Lipinski definition) is 0. The van der Waals surface area contributed by atoms with Crippen molar-refractivity contribution in [2.75, 3.05) is 0 Å². The normalized spacial score (nSPS) is 13.1. The van der Waals surface area contributed by atoms with Crippen LogP contribution in [0, 0.1) is 0 Å². The fourth-order valence-corrected chi connectivity index (χ4v) is 9.96. The van der Waals surface area contributed by atoms with Gasteiger partial charge in [-0.25, -0.2) is 0 Å². The first-order valence-electron chi connectivity index (χ1n) is 19.8. The Balaban J connectivity index is 1.18. The molecule has 0 atom stereocenters. The van der Waals surface area contributed by atoms with Gasteiger partial charge in [0, 0.05) is 27.2 Å². The Morgan fingerprint density at radius 1 is 0.298 bits per heavy atom. The maximum absolute atomic E-state index is 2.52. The van der Waals surface area contributed by atoms with Crippen molar-refractivity contribution < 1.29 is 0 Å². The predicted molar refractivity (Wildman–Crippen MR) is 238 cm³/mol. The molecule has 0 N–H and O–H groups in total. The summed E-state index contributed by atoms with van der Waals surface area (Å²) in [4.78, 5) is 0. The highest BCUT2D eigenvalue weighted by Gasteiger charge is 2.45. The molecule has 2 nitrogen and oxygen atoms in total. The summed E-state index contributed by atoms with van der Waals surface area (Å²) in [5, 5.41) is 4.99. The molecular formula is C55H36N2. The first kappa shape index (κ1) is 31.9. The molecule has 1 aliphatic rings. The van der Waals surface area contributed by atoms with E-state index in [9.17, 15) is 0 Å². The lowest BCUT2D eigenvalue weighted by Gasteiger charge is -2.41. The Bertz CT molecular complexity index is 3180.